The highest BCUT2D eigenvalue weighted by atomic mass is 32.2. The Balaban J connectivity index is 1.82. The van der Waals surface area contributed by atoms with Crippen molar-refractivity contribution < 1.29 is 25.5 Å². The van der Waals surface area contributed by atoms with E-state index in [0.717, 1.165) is 12.5 Å². The van der Waals surface area contributed by atoms with E-state index in [-0.39, 0.29) is 52.7 Å². The van der Waals surface area contributed by atoms with Gasteiger partial charge in [0.15, 0.2) is 5.52 Å². The van der Waals surface area contributed by atoms with Crippen LogP contribution in [0.25, 0.3) is 22.4 Å². The smallest absolute Gasteiger partial charge is 0.277 e. The standard InChI is InChI=1S/C25H36N6O4S/c1-5-8-20-22-23(31(4)29-20)25(32)28-24(27-22)19-16-18(10-11-21(19)35-15-6-2)36(33,34)26-13-12-17-9-7-14-30(17)3/h10-11,16-17,26H,5-9,12-15H2,1-4H3,(H,27,28,32)/i1D3,4D3,12D2,13D. The Morgan fingerprint density at radius 2 is 2.22 bits per heavy atom. The van der Waals surface area contributed by atoms with E-state index in [1.54, 1.807) is 11.9 Å². The Morgan fingerprint density at radius 1 is 1.36 bits per heavy atom. The molecule has 2 aromatic heterocycles. The van der Waals surface area contributed by atoms with Gasteiger partial charge in [0.25, 0.3) is 5.56 Å². The van der Waals surface area contributed by atoms with Crippen molar-refractivity contribution in [3.63, 3.8) is 0 Å². The van der Waals surface area contributed by atoms with Gasteiger partial charge in [-0.1, -0.05) is 20.2 Å². The van der Waals surface area contributed by atoms with Crippen molar-refractivity contribution in [3.8, 4) is 17.1 Å². The largest absolute Gasteiger partial charge is 0.493 e. The number of likely N-dealkylation sites (tertiary alicyclic amines) is 1. The number of aromatic nitrogens is 4. The quantitative estimate of drug-likeness (QED) is 0.395. The molecule has 4 rings (SSSR count). The fourth-order valence-corrected chi connectivity index (χ4v) is 4.97. The van der Waals surface area contributed by atoms with Crippen molar-refractivity contribution >= 4 is 21.1 Å². The van der Waals surface area contributed by atoms with Gasteiger partial charge in [0.2, 0.25) is 10.0 Å². The van der Waals surface area contributed by atoms with Crippen molar-refractivity contribution in [2.75, 3.05) is 26.7 Å². The van der Waals surface area contributed by atoms with Gasteiger partial charge in [-0.25, -0.2) is 18.1 Å². The maximum Gasteiger partial charge on any atom is 0.277 e. The van der Waals surface area contributed by atoms with E-state index in [4.69, 9.17) is 17.1 Å². The van der Waals surface area contributed by atoms with E-state index in [9.17, 15) is 13.2 Å². The minimum Gasteiger partial charge on any atom is -0.493 e. The summed E-state index contributed by atoms with van der Waals surface area (Å²) in [4.78, 5) is 21.6. The fraction of sp³-hybridized carbons (Fsp3) is 0.560. The SMILES string of the molecule is [2H]C(NS(=O)(=O)c1ccc(OCCC)c(-c2nc3c(CCC([2H])([2H])[2H])nn(C([2H])([2H])[2H])c3c(=O)[nH]2)c1)C([2H])([2H])C1CCCN1C. The zero-order chi connectivity index (χ0) is 33.5. The third-order valence-corrected chi connectivity index (χ3v) is 7.25. The van der Waals surface area contributed by atoms with Crippen molar-refractivity contribution in [2.45, 2.75) is 63.2 Å². The summed E-state index contributed by atoms with van der Waals surface area (Å²) in [6.07, 6.45) is -1.01. The number of hydrogen-bond acceptors (Lipinski definition) is 7. The highest BCUT2D eigenvalue weighted by molar-refractivity contribution is 7.89. The molecule has 3 heterocycles. The number of H-pyrrole nitrogens is 1. The van der Waals surface area contributed by atoms with E-state index in [1.165, 1.54) is 12.1 Å². The molecule has 0 spiro atoms. The van der Waals surface area contributed by atoms with Crippen molar-refractivity contribution in [3.05, 3.63) is 34.2 Å². The molecule has 0 radical (unpaired) electrons. The van der Waals surface area contributed by atoms with Crippen LogP contribution < -0.4 is 15.0 Å². The number of benzene rings is 1. The first kappa shape index (κ1) is 16.9. The molecular formula is C25H36N6O4S. The molecule has 3 aromatic rings. The number of hydrogen-bond donors (Lipinski definition) is 2. The van der Waals surface area contributed by atoms with Crippen molar-refractivity contribution in [1.82, 2.24) is 29.4 Å². The lowest BCUT2D eigenvalue weighted by Gasteiger charge is -2.19. The number of nitrogens with zero attached hydrogens (tertiary/aromatic N) is 4. The highest BCUT2D eigenvalue weighted by Crippen LogP contribution is 2.31. The monoisotopic (exact) mass is 525 g/mol. The van der Waals surface area contributed by atoms with Gasteiger partial charge in [0.05, 0.1) is 22.8 Å². The highest BCUT2D eigenvalue weighted by Gasteiger charge is 2.23. The molecule has 2 atom stereocenters. The summed E-state index contributed by atoms with van der Waals surface area (Å²) in [5.41, 5.74) is -1.51. The second-order valence-corrected chi connectivity index (χ2v) is 10.3. The minimum atomic E-state index is -4.48. The Hall–Kier alpha value is -2.76. The molecule has 1 aliphatic rings. The Labute approximate surface area is 224 Å². The molecule has 2 N–H and O–H groups in total. The topological polar surface area (TPSA) is 122 Å². The summed E-state index contributed by atoms with van der Waals surface area (Å²) in [5, 5.41) is 4.01. The number of fused-ring (bicyclic) bond motifs is 1. The van der Waals surface area contributed by atoms with Crippen LogP contribution in [0.3, 0.4) is 0 Å². The lowest BCUT2D eigenvalue weighted by atomic mass is 10.1. The first-order valence-electron chi connectivity index (χ1n) is 16.3. The Bertz CT molecular complexity index is 1710. The average Bonchev–Trinajstić information content (AvgIpc) is 3.54. The molecule has 1 fully saturated rings. The van der Waals surface area contributed by atoms with Gasteiger partial charge in [0.1, 0.15) is 17.1 Å². The lowest BCUT2D eigenvalue weighted by molar-refractivity contribution is 0.297. The molecule has 11 heteroatoms. The third-order valence-electron chi connectivity index (χ3n) is 5.95. The number of aryl methyl sites for hydroxylation is 2. The molecule has 196 valence electrons. The van der Waals surface area contributed by atoms with Gasteiger partial charge < -0.3 is 14.6 Å². The average molecular weight is 526 g/mol. The molecule has 0 bridgehead atoms. The van der Waals surface area contributed by atoms with E-state index in [1.807, 2.05) is 6.92 Å². The number of rotatable bonds is 11. The normalized spacial score (nSPS) is 22.4. The summed E-state index contributed by atoms with van der Waals surface area (Å²) in [6.45, 7) is -4.39. The van der Waals surface area contributed by atoms with Gasteiger partial charge in [0, 0.05) is 31.9 Å². The van der Waals surface area contributed by atoms with Gasteiger partial charge >= 0.3 is 0 Å². The summed E-state index contributed by atoms with van der Waals surface area (Å²) < 4.78 is 107. The van der Waals surface area contributed by atoms with Crippen LogP contribution in [-0.2, 0) is 23.4 Å². The van der Waals surface area contributed by atoms with E-state index < -0.39 is 53.9 Å². The number of ether oxygens (including phenoxy) is 1. The minimum absolute atomic E-state index is 0.00815. The molecule has 1 aliphatic heterocycles. The van der Waals surface area contributed by atoms with Gasteiger partial charge in [-0.05, 0) is 63.8 Å². The van der Waals surface area contributed by atoms with Crippen LogP contribution in [0.2, 0.25) is 0 Å². The van der Waals surface area contributed by atoms with Gasteiger partial charge in [-0.3, -0.25) is 9.48 Å². The Morgan fingerprint density at radius 3 is 2.94 bits per heavy atom. The first-order valence-corrected chi connectivity index (χ1v) is 13.2. The van der Waals surface area contributed by atoms with Crippen LogP contribution in [0, 0.1) is 0 Å². The van der Waals surface area contributed by atoms with Gasteiger partial charge in [-0.2, -0.15) is 5.10 Å². The van der Waals surface area contributed by atoms with Crippen LogP contribution in [0.5, 0.6) is 5.75 Å². The van der Waals surface area contributed by atoms with Crippen LogP contribution in [0.1, 0.15) is 63.9 Å². The number of aromatic amines is 1. The first-order chi connectivity index (χ1) is 20.8. The zero-order valence-electron chi connectivity index (χ0n) is 29.2. The molecule has 36 heavy (non-hydrogen) atoms. The predicted molar refractivity (Wildman–Crippen MR) is 140 cm³/mol. The molecular weight excluding hydrogens is 480 g/mol. The molecule has 1 aromatic carbocycles. The summed E-state index contributed by atoms with van der Waals surface area (Å²) in [5.74, 6) is -0.0582. The van der Waals surface area contributed by atoms with Crippen LogP contribution >= 0.6 is 0 Å². The Kier molecular flexibility index (Phi) is 5.21. The molecule has 2 unspecified atom stereocenters. The summed E-state index contributed by atoms with van der Waals surface area (Å²) in [7, 11) is -2.76. The van der Waals surface area contributed by atoms with Crippen molar-refractivity contribution in [1.29, 1.82) is 0 Å². The van der Waals surface area contributed by atoms with E-state index in [2.05, 4.69) is 19.8 Å². The van der Waals surface area contributed by atoms with Crippen LogP contribution in [-0.4, -0.2) is 65.8 Å². The molecule has 0 saturated carbocycles. The number of nitrogens with one attached hydrogen (secondary N) is 2. The van der Waals surface area contributed by atoms with Crippen molar-refractivity contribution in [2.24, 2.45) is 6.98 Å². The summed E-state index contributed by atoms with van der Waals surface area (Å²) in [6, 6.07) is 3.05. The molecule has 1 saturated heterocycles. The zero-order valence-corrected chi connectivity index (χ0v) is 21.0. The predicted octanol–water partition coefficient (Wildman–Crippen LogP) is 2.83. The van der Waals surface area contributed by atoms with Crippen LogP contribution in [0.15, 0.2) is 27.9 Å². The lowest BCUT2D eigenvalue weighted by Crippen LogP contribution is -2.31. The fourth-order valence-electron chi connectivity index (χ4n) is 4.09. The second-order valence-electron chi connectivity index (χ2n) is 8.55. The van der Waals surface area contributed by atoms with Crippen LogP contribution in [0.4, 0.5) is 0 Å². The molecule has 10 nitrogen and oxygen atoms in total. The summed E-state index contributed by atoms with van der Waals surface area (Å²) >= 11 is 0. The van der Waals surface area contributed by atoms with Gasteiger partial charge in [-0.15, -0.1) is 0 Å². The van der Waals surface area contributed by atoms with E-state index in [0.29, 0.717) is 24.1 Å². The molecule has 0 amide bonds. The van der Waals surface area contributed by atoms with E-state index >= 15 is 0 Å². The molecule has 0 aliphatic carbocycles. The number of sulfonamides is 1. The maximum absolute atomic E-state index is 13.4. The second kappa shape index (κ2) is 11.1. The third kappa shape index (κ3) is 5.47. The maximum atomic E-state index is 13.4.